The molecule has 2 aromatic carbocycles. The van der Waals surface area contributed by atoms with E-state index in [-0.39, 0.29) is 32.6 Å². The van der Waals surface area contributed by atoms with Crippen LogP contribution in [-0.2, 0) is 39.3 Å². The van der Waals surface area contributed by atoms with Crippen LogP contribution in [0.3, 0.4) is 0 Å². The molecule has 0 aliphatic rings. The van der Waals surface area contributed by atoms with Crippen LogP contribution >= 0.6 is 30.4 Å². The summed E-state index contributed by atoms with van der Waals surface area (Å²) in [6, 6.07) is 13.8. The first-order valence-electron chi connectivity index (χ1n) is 7.97. The molecular formula is C14H14MoO14P4-6. The molecule has 0 spiro atoms. The van der Waals surface area contributed by atoms with Crippen LogP contribution in [0.25, 0.3) is 0 Å². The van der Waals surface area contributed by atoms with Crippen molar-refractivity contribution in [3.63, 3.8) is 0 Å². The smallest absolute Gasteiger partial charge is 0.217 e. The van der Waals surface area contributed by atoms with E-state index in [1.165, 1.54) is 48.5 Å². The average Bonchev–Trinajstić information content (AvgIpc) is 2.67. The minimum Gasteiger partial charge on any atom is -0.809 e. The molecule has 0 bridgehead atoms. The third-order valence-electron chi connectivity index (χ3n) is 3.08. The molecule has 0 aromatic heterocycles. The Morgan fingerprint density at radius 1 is 0.576 bits per heavy atom. The molecule has 0 saturated heterocycles. The summed E-state index contributed by atoms with van der Waals surface area (Å²) in [5.74, 6) is -0.373. The van der Waals surface area contributed by atoms with Crippen molar-refractivity contribution in [1.29, 1.82) is 0 Å². The van der Waals surface area contributed by atoms with Gasteiger partial charge in [0, 0.05) is 21.1 Å². The van der Waals surface area contributed by atoms with Crippen molar-refractivity contribution in [2.45, 2.75) is 11.2 Å². The van der Waals surface area contributed by atoms with Gasteiger partial charge in [0.1, 0.15) is 11.5 Å². The van der Waals surface area contributed by atoms with Gasteiger partial charge in [-0.15, -0.1) is 0 Å². The average molecular weight is 626 g/mol. The van der Waals surface area contributed by atoms with Crippen molar-refractivity contribution >= 4 is 30.4 Å². The maximum atomic E-state index is 11.1. The van der Waals surface area contributed by atoms with Crippen molar-refractivity contribution in [2.24, 2.45) is 0 Å². The van der Waals surface area contributed by atoms with E-state index in [9.17, 15) is 47.6 Å². The van der Waals surface area contributed by atoms with Gasteiger partial charge in [0.05, 0.1) is 0 Å². The van der Waals surface area contributed by atoms with Gasteiger partial charge in [0.2, 0.25) is 15.2 Å². The Kier molecular flexibility index (Phi) is 12.6. The number of hydrogen-bond acceptors (Lipinski definition) is 14. The van der Waals surface area contributed by atoms with E-state index in [4.69, 9.17) is 10.2 Å². The van der Waals surface area contributed by atoms with Gasteiger partial charge in [-0.2, -0.15) is 0 Å². The van der Waals surface area contributed by atoms with E-state index < -0.39 is 41.6 Å². The van der Waals surface area contributed by atoms with Gasteiger partial charge in [-0.05, 0) is 39.5 Å². The van der Waals surface area contributed by atoms with E-state index in [0.29, 0.717) is 0 Å². The summed E-state index contributed by atoms with van der Waals surface area (Å²) in [6.45, 7) is 0. The second-order valence-corrected chi connectivity index (χ2v) is 13.1. The number of benzene rings is 2. The summed E-state index contributed by atoms with van der Waals surface area (Å²) in [4.78, 5) is 63.6. The molecule has 2 aromatic rings. The summed E-state index contributed by atoms with van der Waals surface area (Å²) in [6.07, 6.45) is 0. The van der Waals surface area contributed by atoms with Crippen LogP contribution in [0.2, 0.25) is 0 Å². The number of para-hydroxylation sites is 2. The molecule has 4 atom stereocenters. The van der Waals surface area contributed by atoms with Crippen molar-refractivity contribution in [2.75, 3.05) is 0 Å². The van der Waals surface area contributed by atoms with Crippen LogP contribution in [-0.4, -0.2) is 21.4 Å². The zero-order chi connectivity index (χ0) is 24.8. The molecule has 0 fully saturated rings. The first-order valence-corrected chi connectivity index (χ1v) is 14.4. The summed E-state index contributed by atoms with van der Waals surface area (Å²) >= 11 is 0. The maximum absolute atomic E-state index is 11.1. The van der Waals surface area contributed by atoms with Crippen LogP contribution in [0.1, 0.15) is 0 Å². The summed E-state index contributed by atoms with van der Waals surface area (Å²) in [7, 11) is -21.7. The minimum atomic E-state index is -5.66. The largest absolute Gasteiger partial charge is 0.809 e. The Balaban J connectivity index is 0.000000602. The zero-order valence-electron chi connectivity index (χ0n) is 15.9. The Morgan fingerprint density at radius 2 is 0.818 bits per heavy atom. The van der Waals surface area contributed by atoms with Crippen molar-refractivity contribution in [3.05, 3.63) is 60.7 Å². The molecule has 4 unspecified atom stereocenters. The van der Waals surface area contributed by atoms with Crippen LogP contribution in [0.5, 0.6) is 11.5 Å². The molecule has 0 saturated carbocycles. The molecule has 33 heavy (non-hydrogen) atoms. The Morgan fingerprint density at radius 3 is 1.03 bits per heavy atom. The first kappa shape index (κ1) is 32.3. The van der Waals surface area contributed by atoms with E-state index in [2.05, 4.69) is 9.05 Å². The SMILES string of the molecule is O=P([O-])([O-])C(O)P(=O)([O-])Oc1ccccc1.O=P([O-])([O-])C(O)P(=O)([O-])Oc1ccccc1.[Mo]. The zero-order valence-corrected chi connectivity index (χ0v) is 21.5. The van der Waals surface area contributed by atoms with Crippen molar-refractivity contribution < 1.29 is 87.9 Å². The minimum absolute atomic E-state index is 0. The Bertz CT molecular complexity index is 971. The fourth-order valence-corrected chi connectivity index (χ4v) is 5.77. The molecule has 19 heteroatoms. The van der Waals surface area contributed by atoms with Gasteiger partial charge in [0.25, 0.3) is 0 Å². The third-order valence-corrected chi connectivity index (χ3v) is 9.67. The first-order chi connectivity index (χ1) is 14.5. The van der Waals surface area contributed by atoms with Gasteiger partial charge >= 0.3 is 0 Å². The van der Waals surface area contributed by atoms with E-state index >= 15 is 0 Å². The topological polar surface area (TPSA) is 266 Å². The van der Waals surface area contributed by atoms with Gasteiger partial charge in [-0.25, -0.2) is 0 Å². The molecule has 14 nitrogen and oxygen atoms in total. The molecular weight excluding hydrogens is 612 g/mol. The number of aliphatic hydroxyl groups excluding tert-OH is 2. The Hall–Kier alpha value is -0.672. The molecule has 0 radical (unpaired) electrons. The molecule has 0 amide bonds. The maximum Gasteiger partial charge on any atom is 0.217 e. The quantitative estimate of drug-likeness (QED) is 0.229. The van der Waals surface area contributed by atoms with Crippen LogP contribution in [0, 0.1) is 0 Å². The van der Waals surface area contributed by atoms with E-state index in [1.807, 2.05) is 0 Å². The number of rotatable bonds is 8. The number of aliphatic hydroxyl groups is 2. The molecule has 0 aliphatic carbocycles. The van der Waals surface area contributed by atoms with E-state index in [0.717, 1.165) is 0 Å². The molecule has 186 valence electrons. The van der Waals surface area contributed by atoms with Crippen LogP contribution in [0.4, 0.5) is 0 Å². The Labute approximate surface area is 201 Å². The predicted octanol–water partition coefficient (Wildman–Crippen LogP) is -2.39. The van der Waals surface area contributed by atoms with E-state index in [1.54, 1.807) is 12.1 Å². The second-order valence-electron chi connectivity index (χ2n) is 5.66. The predicted molar refractivity (Wildman–Crippen MR) is 96.6 cm³/mol. The molecule has 0 aliphatic heterocycles. The van der Waals surface area contributed by atoms with Gasteiger partial charge in [-0.3, -0.25) is 9.13 Å². The second kappa shape index (κ2) is 12.9. The standard InChI is InChI=1S/2C7H10O7P2.Mo/c2*8-7(15(9,10)11)16(12,13)14-6-4-2-1-3-5-6;/h2*1-5,7-8H,(H,12,13)(H2,9,10,11);/p-6. The van der Waals surface area contributed by atoms with Crippen molar-refractivity contribution in [3.8, 4) is 11.5 Å². The summed E-state index contributed by atoms with van der Waals surface area (Å²) < 4.78 is 51.5. The molecule has 2 rings (SSSR count). The van der Waals surface area contributed by atoms with Gasteiger partial charge < -0.3 is 57.8 Å². The van der Waals surface area contributed by atoms with Gasteiger partial charge in [-0.1, -0.05) is 36.4 Å². The third kappa shape index (κ3) is 11.1. The fourth-order valence-electron chi connectivity index (χ4n) is 1.70. The molecule has 2 N–H and O–H groups in total. The monoisotopic (exact) mass is 628 g/mol. The normalized spacial score (nSPS) is 17.0. The van der Waals surface area contributed by atoms with Gasteiger partial charge in [0.15, 0.2) is 11.2 Å². The van der Waals surface area contributed by atoms with Crippen LogP contribution < -0.4 is 38.4 Å². The fraction of sp³-hybridized carbons (Fsp3) is 0.143. The number of hydrogen-bond donors (Lipinski definition) is 2. The summed E-state index contributed by atoms with van der Waals surface area (Å²) in [5.41, 5.74) is -6.17. The molecule has 0 heterocycles. The van der Waals surface area contributed by atoms with Crippen molar-refractivity contribution in [1.82, 2.24) is 0 Å². The van der Waals surface area contributed by atoms with Crippen LogP contribution in [0.15, 0.2) is 60.7 Å². The summed E-state index contributed by atoms with van der Waals surface area (Å²) in [5, 5.41) is 17.6.